The van der Waals surface area contributed by atoms with E-state index in [0.717, 1.165) is 18.8 Å². The molecular formula is C11H17FN2O. The number of hydrogen-bond acceptors (Lipinski definition) is 3. The van der Waals surface area contributed by atoms with Gasteiger partial charge in [-0.2, -0.15) is 4.39 Å². The number of anilines is 1. The smallest absolute Gasteiger partial charge is 0.214 e. The summed E-state index contributed by atoms with van der Waals surface area (Å²) in [6.45, 7) is 6.97. The second kappa shape index (κ2) is 6.35. The summed E-state index contributed by atoms with van der Waals surface area (Å²) in [4.78, 5) is 5.58. The molecule has 1 aromatic heterocycles. The van der Waals surface area contributed by atoms with Gasteiger partial charge in [0.15, 0.2) is 0 Å². The summed E-state index contributed by atoms with van der Waals surface area (Å²) in [6, 6.07) is 3.24. The minimum absolute atomic E-state index is 0.442. The van der Waals surface area contributed by atoms with Crippen molar-refractivity contribution < 1.29 is 9.13 Å². The zero-order valence-corrected chi connectivity index (χ0v) is 9.24. The van der Waals surface area contributed by atoms with Crippen LogP contribution in [0, 0.1) is 5.95 Å². The van der Waals surface area contributed by atoms with Gasteiger partial charge in [-0.3, -0.25) is 0 Å². The van der Waals surface area contributed by atoms with E-state index in [-0.39, 0.29) is 0 Å². The topological polar surface area (TPSA) is 25.4 Å². The molecule has 0 radical (unpaired) electrons. The van der Waals surface area contributed by atoms with E-state index in [0.29, 0.717) is 13.2 Å². The number of rotatable bonds is 6. The molecule has 0 bridgehead atoms. The Bertz CT molecular complexity index is 294. The molecule has 4 heteroatoms. The predicted octanol–water partition coefficient (Wildman–Crippen LogP) is 2.08. The van der Waals surface area contributed by atoms with Crippen LogP contribution < -0.4 is 4.90 Å². The van der Waals surface area contributed by atoms with Crippen molar-refractivity contribution in [1.82, 2.24) is 4.98 Å². The van der Waals surface area contributed by atoms with Crippen LogP contribution in [0.5, 0.6) is 0 Å². The second-order valence-electron chi connectivity index (χ2n) is 3.11. The lowest BCUT2D eigenvalue weighted by molar-refractivity contribution is 0.154. The molecule has 0 N–H and O–H groups in total. The predicted molar refractivity (Wildman–Crippen MR) is 58.6 cm³/mol. The standard InChI is InChI=1S/C11H17FN2O/c1-3-14(7-8-15-4-2)10-5-6-13-11(12)9-10/h5-6,9H,3-4,7-8H2,1-2H3. The number of hydrogen-bond donors (Lipinski definition) is 0. The average molecular weight is 212 g/mol. The average Bonchev–Trinajstić information content (AvgIpc) is 2.24. The van der Waals surface area contributed by atoms with E-state index >= 15 is 0 Å². The zero-order valence-electron chi connectivity index (χ0n) is 9.24. The van der Waals surface area contributed by atoms with Gasteiger partial charge in [-0.05, 0) is 19.9 Å². The van der Waals surface area contributed by atoms with Crippen molar-refractivity contribution in [2.24, 2.45) is 0 Å². The molecule has 1 aromatic rings. The van der Waals surface area contributed by atoms with Crippen molar-refractivity contribution in [1.29, 1.82) is 0 Å². The fourth-order valence-electron chi connectivity index (χ4n) is 1.38. The van der Waals surface area contributed by atoms with Gasteiger partial charge in [-0.1, -0.05) is 0 Å². The van der Waals surface area contributed by atoms with Crippen molar-refractivity contribution in [2.45, 2.75) is 13.8 Å². The van der Waals surface area contributed by atoms with Gasteiger partial charge < -0.3 is 9.64 Å². The van der Waals surface area contributed by atoms with E-state index < -0.39 is 5.95 Å². The first-order chi connectivity index (χ1) is 7.27. The molecular weight excluding hydrogens is 195 g/mol. The van der Waals surface area contributed by atoms with Crippen LogP contribution in [0.2, 0.25) is 0 Å². The number of likely N-dealkylation sites (N-methyl/N-ethyl adjacent to an activating group) is 1. The van der Waals surface area contributed by atoms with Gasteiger partial charge in [-0.15, -0.1) is 0 Å². The van der Waals surface area contributed by atoms with Crippen LogP contribution in [-0.2, 0) is 4.74 Å². The minimum Gasteiger partial charge on any atom is -0.380 e. The Kier molecular flexibility index (Phi) is 5.04. The van der Waals surface area contributed by atoms with Crippen molar-refractivity contribution >= 4 is 5.69 Å². The molecule has 0 saturated heterocycles. The Morgan fingerprint density at radius 1 is 1.47 bits per heavy atom. The Labute approximate surface area is 89.9 Å². The third-order valence-electron chi connectivity index (χ3n) is 2.17. The lowest BCUT2D eigenvalue weighted by Gasteiger charge is -2.22. The van der Waals surface area contributed by atoms with E-state index in [9.17, 15) is 4.39 Å². The Hall–Kier alpha value is -1.16. The summed E-state index contributed by atoms with van der Waals surface area (Å²) in [5.74, 6) is -0.442. The summed E-state index contributed by atoms with van der Waals surface area (Å²) < 4.78 is 18.1. The Morgan fingerprint density at radius 2 is 2.27 bits per heavy atom. The highest BCUT2D eigenvalue weighted by Gasteiger charge is 2.04. The molecule has 0 spiro atoms. The van der Waals surface area contributed by atoms with Crippen LogP contribution in [0.3, 0.4) is 0 Å². The molecule has 0 fully saturated rings. The highest BCUT2D eigenvalue weighted by Crippen LogP contribution is 2.13. The third-order valence-corrected chi connectivity index (χ3v) is 2.17. The molecule has 0 aliphatic heterocycles. The van der Waals surface area contributed by atoms with E-state index in [2.05, 4.69) is 9.88 Å². The van der Waals surface area contributed by atoms with Gasteiger partial charge in [0.25, 0.3) is 0 Å². The summed E-state index contributed by atoms with van der Waals surface area (Å²) in [5.41, 5.74) is 0.852. The largest absolute Gasteiger partial charge is 0.380 e. The fraction of sp³-hybridized carbons (Fsp3) is 0.545. The Balaban J connectivity index is 2.57. The minimum atomic E-state index is -0.442. The molecule has 0 amide bonds. The molecule has 0 aliphatic carbocycles. The van der Waals surface area contributed by atoms with E-state index in [1.807, 2.05) is 13.8 Å². The van der Waals surface area contributed by atoms with Crippen LogP contribution in [0.1, 0.15) is 13.8 Å². The van der Waals surface area contributed by atoms with Crippen LogP contribution in [0.15, 0.2) is 18.3 Å². The third kappa shape index (κ3) is 3.83. The highest BCUT2D eigenvalue weighted by molar-refractivity contribution is 5.44. The Morgan fingerprint density at radius 3 is 2.87 bits per heavy atom. The maximum atomic E-state index is 12.9. The van der Waals surface area contributed by atoms with E-state index in [4.69, 9.17) is 4.74 Å². The molecule has 3 nitrogen and oxygen atoms in total. The number of ether oxygens (including phenoxy) is 1. The molecule has 0 aliphatic rings. The molecule has 0 aromatic carbocycles. The fourth-order valence-corrected chi connectivity index (χ4v) is 1.38. The molecule has 0 saturated carbocycles. The quantitative estimate of drug-likeness (QED) is 0.533. The molecule has 1 rings (SSSR count). The van der Waals surface area contributed by atoms with Crippen molar-refractivity contribution in [3.8, 4) is 0 Å². The van der Waals surface area contributed by atoms with Crippen molar-refractivity contribution in [3.63, 3.8) is 0 Å². The van der Waals surface area contributed by atoms with Gasteiger partial charge in [0.1, 0.15) is 0 Å². The van der Waals surface area contributed by atoms with Gasteiger partial charge >= 0.3 is 0 Å². The maximum Gasteiger partial charge on any atom is 0.214 e. The lowest BCUT2D eigenvalue weighted by atomic mass is 10.3. The van der Waals surface area contributed by atoms with Gasteiger partial charge in [0, 0.05) is 37.6 Å². The SMILES string of the molecule is CCOCCN(CC)c1ccnc(F)c1. The number of halogens is 1. The van der Waals surface area contributed by atoms with Gasteiger partial charge in [0.2, 0.25) is 5.95 Å². The normalized spacial score (nSPS) is 10.3. The monoisotopic (exact) mass is 212 g/mol. The maximum absolute atomic E-state index is 12.9. The second-order valence-corrected chi connectivity index (χ2v) is 3.11. The van der Waals surface area contributed by atoms with Crippen LogP contribution in [0.4, 0.5) is 10.1 Å². The van der Waals surface area contributed by atoms with E-state index in [1.165, 1.54) is 12.3 Å². The highest BCUT2D eigenvalue weighted by atomic mass is 19.1. The first kappa shape index (κ1) is 11.9. The first-order valence-corrected chi connectivity index (χ1v) is 5.22. The van der Waals surface area contributed by atoms with Crippen LogP contribution >= 0.6 is 0 Å². The van der Waals surface area contributed by atoms with Crippen molar-refractivity contribution in [3.05, 3.63) is 24.3 Å². The molecule has 15 heavy (non-hydrogen) atoms. The summed E-state index contributed by atoms with van der Waals surface area (Å²) in [6.07, 6.45) is 1.48. The van der Waals surface area contributed by atoms with Crippen LogP contribution in [0.25, 0.3) is 0 Å². The van der Waals surface area contributed by atoms with Gasteiger partial charge in [0.05, 0.1) is 6.61 Å². The molecule has 0 unspecified atom stereocenters. The summed E-state index contributed by atoms with van der Waals surface area (Å²) >= 11 is 0. The van der Waals surface area contributed by atoms with Gasteiger partial charge in [-0.25, -0.2) is 4.98 Å². The lowest BCUT2D eigenvalue weighted by Crippen LogP contribution is -2.27. The summed E-state index contributed by atoms with van der Waals surface area (Å²) in [5, 5.41) is 0. The van der Waals surface area contributed by atoms with Crippen LogP contribution in [-0.4, -0.2) is 31.3 Å². The zero-order chi connectivity index (χ0) is 11.1. The molecule has 84 valence electrons. The van der Waals surface area contributed by atoms with E-state index in [1.54, 1.807) is 6.07 Å². The molecule has 0 atom stereocenters. The first-order valence-electron chi connectivity index (χ1n) is 5.22. The number of pyridine rings is 1. The molecule has 1 heterocycles. The van der Waals surface area contributed by atoms with Crippen molar-refractivity contribution in [2.75, 3.05) is 31.2 Å². The number of aromatic nitrogens is 1. The number of nitrogens with zero attached hydrogens (tertiary/aromatic N) is 2. The summed E-state index contributed by atoms with van der Waals surface area (Å²) in [7, 11) is 0.